The lowest BCUT2D eigenvalue weighted by atomic mass is 10.1. The van der Waals surface area contributed by atoms with Crippen LogP contribution in [0.4, 0.5) is 5.13 Å². The molecule has 3 aromatic rings. The maximum Gasteiger partial charge on any atom is 0.268 e. The van der Waals surface area contributed by atoms with Crippen molar-refractivity contribution in [3.05, 3.63) is 70.2 Å². The van der Waals surface area contributed by atoms with Crippen LogP contribution in [0.25, 0.3) is 6.08 Å². The van der Waals surface area contributed by atoms with Crippen LogP contribution in [-0.2, 0) is 11.2 Å². The van der Waals surface area contributed by atoms with Crippen molar-refractivity contribution in [1.82, 2.24) is 10.2 Å². The predicted octanol–water partition coefficient (Wildman–Crippen LogP) is 4.80. The van der Waals surface area contributed by atoms with E-state index in [1.54, 1.807) is 24.3 Å². The number of anilines is 1. The van der Waals surface area contributed by atoms with Crippen molar-refractivity contribution >= 4 is 28.5 Å². The number of nitrogens with zero attached hydrogens (tertiary/aromatic N) is 3. The molecule has 8 heteroatoms. The first-order valence-electron chi connectivity index (χ1n) is 10.3. The average molecular weight is 449 g/mol. The Bertz CT molecular complexity index is 1120. The van der Waals surface area contributed by atoms with Gasteiger partial charge < -0.3 is 9.47 Å². The molecule has 32 heavy (non-hydrogen) atoms. The molecular formula is C24H24N4O3S. The number of nitrogens with one attached hydrogen (secondary N) is 1. The summed E-state index contributed by atoms with van der Waals surface area (Å²) in [7, 11) is 0. The first-order chi connectivity index (χ1) is 15.6. The Hall–Kier alpha value is -3.70. The van der Waals surface area contributed by atoms with E-state index in [1.165, 1.54) is 17.4 Å². The van der Waals surface area contributed by atoms with Crippen LogP contribution in [0.1, 0.15) is 29.5 Å². The van der Waals surface area contributed by atoms with Gasteiger partial charge in [0.2, 0.25) is 5.13 Å². The predicted molar refractivity (Wildman–Crippen MR) is 125 cm³/mol. The van der Waals surface area contributed by atoms with Crippen molar-refractivity contribution in [2.75, 3.05) is 18.5 Å². The van der Waals surface area contributed by atoms with Gasteiger partial charge in [-0.25, -0.2) is 0 Å². The molecule has 0 aliphatic rings. The Morgan fingerprint density at radius 1 is 1.12 bits per heavy atom. The van der Waals surface area contributed by atoms with Crippen LogP contribution in [0.15, 0.2) is 54.1 Å². The number of hydrogen-bond acceptors (Lipinski definition) is 7. The van der Waals surface area contributed by atoms with Gasteiger partial charge in [-0.2, -0.15) is 5.26 Å². The number of ether oxygens (including phenoxy) is 2. The minimum Gasteiger partial charge on any atom is -0.490 e. The Morgan fingerprint density at radius 2 is 1.88 bits per heavy atom. The highest BCUT2D eigenvalue weighted by atomic mass is 32.1. The molecule has 0 aliphatic carbocycles. The SMILES string of the molecule is CCCc1nnc(NC(=O)/C(C#N)=C\c2ccc(OCCOc3ccccc3C)cc2)s1. The molecule has 0 spiro atoms. The number of amides is 1. The van der Waals surface area contributed by atoms with E-state index in [-0.39, 0.29) is 5.57 Å². The average Bonchev–Trinajstić information content (AvgIpc) is 3.24. The van der Waals surface area contributed by atoms with Crippen molar-refractivity contribution in [1.29, 1.82) is 5.26 Å². The van der Waals surface area contributed by atoms with Crippen LogP contribution in [0.5, 0.6) is 11.5 Å². The molecule has 0 saturated heterocycles. The van der Waals surface area contributed by atoms with Gasteiger partial charge in [-0.1, -0.05) is 48.6 Å². The molecule has 1 aromatic heterocycles. The lowest BCUT2D eigenvalue weighted by Gasteiger charge is -2.10. The summed E-state index contributed by atoms with van der Waals surface area (Å²) in [6.45, 7) is 4.87. The van der Waals surface area contributed by atoms with Gasteiger partial charge in [0, 0.05) is 6.42 Å². The number of carbonyl (C=O) groups is 1. The fourth-order valence-corrected chi connectivity index (χ4v) is 3.62. The largest absolute Gasteiger partial charge is 0.490 e. The summed E-state index contributed by atoms with van der Waals surface area (Å²) in [5.41, 5.74) is 1.77. The minimum atomic E-state index is -0.514. The second-order valence-electron chi connectivity index (χ2n) is 6.91. The van der Waals surface area contributed by atoms with E-state index in [0.29, 0.717) is 29.7 Å². The first kappa shape index (κ1) is 23.0. The first-order valence-corrected chi connectivity index (χ1v) is 11.1. The van der Waals surface area contributed by atoms with Gasteiger partial charge in [0.15, 0.2) is 0 Å². The summed E-state index contributed by atoms with van der Waals surface area (Å²) in [6.07, 6.45) is 3.28. The minimum absolute atomic E-state index is 0.0162. The summed E-state index contributed by atoms with van der Waals surface area (Å²) in [5.74, 6) is 1.00. The Morgan fingerprint density at radius 3 is 2.59 bits per heavy atom. The molecule has 0 aliphatic heterocycles. The number of aryl methyl sites for hydroxylation is 2. The molecule has 0 radical (unpaired) electrons. The zero-order valence-corrected chi connectivity index (χ0v) is 18.8. The molecule has 1 heterocycles. The molecule has 1 amide bonds. The van der Waals surface area contributed by atoms with Crippen molar-refractivity contribution in [2.24, 2.45) is 0 Å². The standard InChI is InChI=1S/C24H24N4O3S/c1-3-6-22-27-28-24(32-22)26-23(29)19(16-25)15-18-9-11-20(12-10-18)30-13-14-31-21-8-5-4-7-17(21)2/h4-5,7-12,15H,3,6,13-14H2,1-2H3,(H,26,28,29)/b19-15-. The van der Waals surface area contributed by atoms with Gasteiger partial charge in [0.25, 0.3) is 5.91 Å². The molecule has 0 bridgehead atoms. The molecule has 0 unspecified atom stereocenters. The lowest BCUT2D eigenvalue weighted by Crippen LogP contribution is -2.13. The normalized spacial score (nSPS) is 11.0. The van der Waals surface area contributed by atoms with Gasteiger partial charge >= 0.3 is 0 Å². The molecule has 7 nitrogen and oxygen atoms in total. The quantitative estimate of drug-likeness (QED) is 0.272. The van der Waals surface area contributed by atoms with Crippen LogP contribution in [-0.4, -0.2) is 29.3 Å². The lowest BCUT2D eigenvalue weighted by molar-refractivity contribution is -0.112. The highest BCUT2D eigenvalue weighted by Crippen LogP contribution is 2.19. The van der Waals surface area contributed by atoms with Crippen LogP contribution in [0, 0.1) is 18.3 Å². The van der Waals surface area contributed by atoms with E-state index in [4.69, 9.17) is 9.47 Å². The van der Waals surface area contributed by atoms with Crippen LogP contribution >= 0.6 is 11.3 Å². The molecule has 2 aromatic carbocycles. The molecule has 0 saturated carbocycles. The summed E-state index contributed by atoms with van der Waals surface area (Å²) in [4.78, 5) is 12.4. The fourth-order valence-electron chi connectivity index (χ4n) is 2.79. The molecular weight excluding hydrogens is 424 g/mol. The Kier molecular flexibility index (Phi) is 8.35. The Labute approximate surface area is 191 Å². The summed E-state index contributed by atoms with van der Waals surface area (Å²) < 4.78 is 11.4. The van der Waals surface area contributed by atoms with E-state index in [1.807, 2.05) is 44.2 Å². The number of nitriles is 1. The molecule has 1 N–H and O–H groups in total. The van der Waals surface area contributed by atoms with Gasteiger partial charge in [-0.15, -0.1) is 10.2 Å². The maximum absolute atomic E-state index is 12.4. The molecule has 164 valence electrons. The molecule has 0 fully saturated rings. The summed E-state index contributed by atoms with van der Waals surface area (Å²) in [6, 6.07) is 16.9. The van der Waals surface area contributed by atoms with Gasteiger partial charge in [-0.05, 0) is 48.7 Å². The third-order valence-electron chi connectivity index (χ3n) is 4.41. The van der Waals surface area contributed by atoms with E-state index in [9.17, 15) is 10.1 Å². The van der Waals surface area contributed by atoms with E-state index >= 15 is 0 Å². The van der Waals surface area contributed by atoms with Gasteiger partial charge in [-0.3, -0.25) is 10.1 Å². The second-order valence-corrected chi connectivity index (χ2v) is 7.97. The molecule has 3 rings (SSSR count). The van der Waals surface area contributed by atoms with Crippen LogP contribution in [0.2, 0.25) is 0 Å². The number of hydrogen-bond donors (Lipinski definition) is 1. The fraction of sp³-hybridized carbons (Fsp3) is 0.250. The zero-order chi connectivity index (χ0) is 22.8. The smallest absolute Gasteiger partial charge is 0.268 e. The number of rotatable bonds is 10. The zero-order valence-electron chi connectivity index (χ0n) is 18.0. The van der Waals surface area contributed by atoms with Crippen molar-refractivity contribution in [2.45, 2.75) is 26.7 Å². The Balaban J connectivity index is 1.52. The topological polar surface area (TPSA) is 97.1 Å². The highest BCUT2D eigenvalue weighted by molar-refractivity contribution is 7.15. The number of benzene rings is 2. The number of aromatic nitrogens is 2. The number of carbonyl (C=O) groups excluding carboxylic acids is 1. The number of para-hydroxylation sites is 1. The van der Waals surface area contributed by atoms with E-state index in [2.05, 4.69) is 15.5 Å². The third-order valence-corrected chi connectivity index (χ3v) is 5.31. The third kappa shape index (κ3) is 6.65. The van der Waals surface area contributed by atoms with Crippen molar-refractivity contribution < 1.29 is 14.3 Å². The monoisotopic (exact) mass is 448 g/mol. The van der Waals surface area contributed by atoms with E-state index < -0.39 is 5.91 Å². The van der Waals surface area contributed by atoms with Gasteiger partial charge in [0.05, 0.1) is 0 Å². The van der Waals surface area contributed by atoms with Crippen LogP contribution in [0.3, 0.4) is 0 Å². The van der Waals surface area contributed by atoms with Crippen LogP contribution < -0.4 is 14.8 Å². The summed E-state index contributed by atoms with van der Waals surface area (Å²) in [5, 5.41) is 21.2. The maximum atomic E-state index is 12.4. The van der Waals surface area contributed by atoms with Crippen molar-refractivity contribution in [3.8, 4) is 17.6 Å². The highest BCUT2D eigenvalue weighted by Gasteiger charge is 2.12. The van der Waals surface area contributed by atoms with Crippen molar-refractivity contribution in [3.63, 3.8) is 0 Å². The summed E-state index contributed by atoms with van der Waals surface area (Å²) >= 11 is 1.31. The van der Waals surface area contributed by atoms with Gasteiger partial charge in [0.1, 0.15) is 41.4 Å². The second kappa shape index (κ2) is 11.6. The molecule has 0 atom stereocenters. The van der Waals surface area contributed by atoms with E-state index in [0.717, 1.165) is 29.2 Å².